The lowest BCUT2D eigenvalue weighted by Gasteiger charge is -2.24. The third-order valence-corrected chi connectivity index (χ3v) is 3.27. The van der Waals surface area contributed by atoms with Crippen LogP contribution in [0.2, 0.25) is 5.02 Å². The smallest absolute Gasteiger partial charge is 0.399 e. The van der Waals surface area contributed by atoms with Gasteiger partial charge in [-0.05, 0) is 42.5 Å². The molecule has 0 radical (unpaired) electrons. The van der Waals surface area contributed by atoms with Crippen molar-refractivity contribution in [2.45, 2.75) is 6.18 Å². The molecule has 0 heterocycles. The zero-order chi connectivity index (χ0) is 17.2. The number of hydrogen-bond donors (Lipinski definition) is 1. The summed E-state index contributed by atoms with van der Waals surface area (Å²) in [6.07, 6.45) is -4.64. The molecule has 2 aromatic rings. The summed E-state index contributed by atoms with van der Waals surface area (Å²) in [5, 5.41) is -0.0292. The molecule has 0 aromatic heterocycles. The summed E-state index contributed by atoms with van der Waals surface area (Å²) in [6, 6.07) is 8.03. The van der Waals surface area contributed by atoms with Crippen LogP contribution in [-0.2, 0) is 0 Å². The number of hydrogen-bond acceptors (Lipinski definition) is 2. The van der Waals surface area contributed by atoms with Gasteiger partial charge >= 0.3 is 6.18 Å². The Balaban J connectivity index is 2.46. The fraction of sp³-hybridized carbons (Fsp3) is 0.133. The van der Waals surface area contributed by atoms with E-state index in [1.165, 1.54) is 18.2 Å². The molecule has 0 unspecified atom stereocenters. The predicted molar refractivity (Wildman–Crippen MR) is 80.0 cm³/mol. The lowest BCUT2D eigenvalue weighted by Crippen LogP contribution is -2.39. The number of anilines is 2. The van der Waals surface area contributed by atoms with Crippen molar-refractivity contribution >= 4 is 28.9 Å². The van der Waals surface area contributed by atoms with E-state index in [0.717, 1.165) is 24.3 Å². The molecule has 2 aromatic carbocycles. The van der Waals surface area contributed by atoms with Gasteiger partial charge in [0.2, 0.25) is 0 Å². The number of amides is 1. The van der Waals surface area contributed by atoms with Gasteiger partial charge in [-0.3, -0.25) is 9.69 Å². The normalized spacial score (nSPS) is 11.3. The molecule has 8 heteroatoms. The topological polar surface area (TPSA) is 46.3 Å². The first-order valence-corrected chi connectivity index (χ1v) is 6.74. The highest BCUT2D eigenvalue weighted by Gasteiger charge is 2.34. The Bertz CT molecular complexity index is 716. The molecule has 0 bridgehead atoms. The third kappa shape index (κ3) is 4.35. The van der Waals surface area contributed by atoms with Crippen molar-refractivity contribution in [1.29, 1.82) is 0 Å². The van der Waals surface area contributed by atoms with Gasteiger partial charge in [-0.2, -0.15) is 13.2 Å². The molecule has 0 saturated carbocycles. The van der Waals surface area contributed by atoms with Crippen LogP contribution >= 0.6 is 11.6 Å². The molecular weight excluding hydrogens is 336 g/mol. The van der Waals surface area contributed by atoms with Crippen LogP contribution in [0.1, 0.15) is 10.4 Å². The largest absolute Gasteiger partial charge is 0.406 e. The van der Waals surface area contributed by atoms with Crippen molar-refractivity contribution in [2.24, 2.45) is 0 Å². The zero-order valence-electron chi connectivity index (χ0n) is 11.6. The number of nitrogens with zero attached hydrogens (tertiary/aromatic N) is 1. The van der Waals surface area contributed by atoms with Crippen molar-refractivity contribution in [1.82, 2.24) is 0 Å². The lowest BCUT2D eigenvalue weighted by atomic mass is 10.1. The summed E-state index contributed by atoms with van der Waals surface area (Å²) in [7, 11) is 0. The second-order valence-electron chi connectivity index (χ2n) is 4.72. The Morgan fingerprint density at radius 1 is 1.13 bits per heavy atom. The maximum Gasteiger partial charge on any atom is 0.406 e. The van der Waals surface area contributed by atoms with Crippen LogP contribution in [0.15, 0.2) is 42.5 Å². The summed E-state index contributed by atoms with van der Waals surface area (Å²) >= 11 is 5.87. The zero-order valence-corrected chi connectivity index (χ0v) is 12.3. The number of nitrogen functional groups attached to an aromatic ring is 1. The van der Waals surface area contributed by atoms with E-state index in [0.29, 0.717) is 4.90 Å². The van der Waals surface area contributed by atoms with Gasteiger partial charge in [0.05, 0.1) is 10.6 Å². The number of halogens is 5. The fourth-order valence-electron chi connectivity index (χ4n) is 1.93. The van der Waals surface area contributed by atoms with Gasteiger partial charge in [-0.15, -0.1) is 0 Å². The Morgan fingerprint density at radius 2 is 1.74 bits per heavy atom. The maximum atomic E-state index is 13.0. The number of nitrogens with two attached hydrogens (primary N) is 1. The average molecular weight is 347 g/mol. The van der Waals surface area contributed by atoms with E-state index in [4.69, 9.17) is 17.3 Å². The van der Waals surface area contributed by atoms with Gasteiger partial charge in [0.15, 0.2) is 0 Å². The molecule has 23 heavy (non-hydrogen) atoms. The lowest BCUT2D eigenvalue weighted by molar-refractivity contribution is -0.118. The van der Waals surface area contributed by atoms with Crippen LogP contribution in [0, 0.1) is 5.82 Å². The number of alkyl halides is 3. The maximum absolute atomic E-state index is 13.0. The van der Waals surface area contributed by atoms with Crippen molar-refractivity contribution in [3.63, 3.8) is 0 Å². The van der Waals surface area contributed by atoms with Gasteiger partial charge in [-0.1, -0.05) is 11.6 Å². The van der Waals surface area contributed by atoms with Gasteiger partial charge in [-0.25, -0.2) is 4.39 Å². The predicted octanol–water partition coefficient (Wildman–Crippen LogP) is 4.27. The van der Waals surface area contributed by atoms with Gasteiger partial charge in [0.1, 0.15) is 12.4 Å². The van der Waals surface area contributed by atoms with E-state index < -0.39 is 24.4 Å². The van der Waals surface area contributed by atoms with Gasteiger partial charge in [0, 0.05) is 11.4 Å². The van der Waals surface area contributed by atoms with E-state index in [1.54, 1.807) is 0 Å². The Kier molecular flexibility index (Phi) is 4.79. The van der Waals surface area contributed by atoms with Gasteiger partial charge < -0.3 is 5.73 Å². The van der Waals surface area contributed by atoms with Crippen LogP contribution < -0.4 is 10.6 Å². The van der Waals surface area contributed by atoms with Crippen LogP contribution in [0.3, 0.4) is 0 Å². The molecule has 0 aliphatic heterocycles. The quantitative estimate of drug-likeness (QED) is 0.666. The molecule has 0 fully saturated rings. The molecule has 2 N–H and O–H groups in total. The van der Waals surface area contributed by atoms with Crippen molar-refractivity contribution in [3.05, 3.63) is 58.9 Å². The van der Waals surface area contributed by atoms with Crippen LogP contribution in [0.4, 0.5) is 28.9 Å². The summed E-state index contributed by atoms with van der Waals surface area (Å²) < 4.78 is 51.4. The summed E-state index contributed by atoms with van der Waals surface area (Å²) in [6.45, 7) is -1.54. The Morgan fingerprint density at radius 3 is 2.30 bits per heavy atom. The number of carbonyl (C=O) groups is 1. The minimum absolute atomic E-state index is 0.0292. The second-order valence-corrected chi connectivity index (χ2v) is 5.13. The molecule has 0 aliphatic rings. The van der Waals surface area contributed by atoms with Crippen LogP contribution in [0.25, 0.3) is 0 Å². The van der Waals surface area contributed by atoms with E-state index in [2.05, 4.69) is 0 Å². The minimum Gasteiger partial charge on any atom is -0.399 e. The Labute approximate surface area is 134 Å². The summed E-state index contributed by atoms with van der Waals surface area (Å²) in [4.78, 5) is 12.9. The monoisotopic (exact) mass is 346 g/mol. The summed E-state index contributed by atoms with van der Waals surface area (Å²) in [5.74, 6) is -1.61. The van der Waals surface area contributed by atoms with E-state index in [1.807, 2.05) is 0 Å². The highest BCUT2D eigenvalue weighted by Crippen LogP contribution is 2.27. The molecule has 0 aliphatic carbocycles. The SMILES string of the molecule is Nc1ccc(Cl)c(C(=O)N(CC(F)(F)F)c2ccc(F)cc2)c1. The van der Waals surface area contributed by atoms with Crippen LogP contribution in [0.5, 0.6) is 0 Å². The number of carbonyl (C=O) groups excluding carboxylic acids is 1. The van der Waals surface area contributed by atoms with Crippen LogP contribution in [-0.4, -0.2) is 18.6 Å². The van der Waals surface area contributed by atoms with E-state index in [-0.39, 0.29) is 22.0 Å². The first-order valence-electron chi connectivity index (χ1n) is 6.36. The highest BCUT2D eigenvalue weighted by molar-refractivity contribution is 6.34. The fourth-order valence-corrected chi connectivity index (χ4v) is 2.13. The van der Waals surface area contributed by atoms with Crippen molar-refractivity contribution in [3.8, 4) is 0 Å². The first kappa shape index (κ1) is 17.1. The van der Waals surface area contributed by atoms with Crippen molar-refractivity contribution in [2.75, 3.05) is 17.2 Å². The van der Waals surface area contributed by atoms with Crippen molar-refractivity contribution < 1.29 is 22.4 Å². The minimum atomic E-state index is -4.64. The number of benzene rings is 2. The molecule has 1 amide bonds. The standard InChI is InChI=1S/C15H11ClF4N2O/c16-13-6-3-10(21)7-12(13)14(23)22(8-15(18,19)20)11-4-1-9(17)2-5-11/h1-7H,8,21H2. The molecule has 0 spiro atoms. The molecule has 122 valence electrons. The molecule has 3 nitrogen and oxygen atoms in total. The van der Waals surface area contributed by atoms with Gasteiger partial charge in [0.25, 0.3) is 5.91 Å². The average Bonchev–Trinajstić information content (AvgIpc) is 2.47. The molecular formula is C15H11ClF4N2O. The highest BCUT2D eigenvalue weighted by atomic mass is 35.5. The second kappa shape index (κ2) is 6.45. The molecule has 0 saturated heterocycles. The Hall–Kier alpha value is -2.28. The molecule has 2 rings (SSSR count). The third-order valence-electron chi connectivity index (χ3n) is 2.94. The first-order chi connectivity index (χ1) is 10.7. The van der Waals surface area contributed by atoms with E-state index >= 15 is 0 Å². The van der Waals surface area contributed by atoms with E-state index in [9.17, 15) is 22.4 Å². The molecule has 0 atom stereocenters. The number of rotatable bonds is 3. The summed E-state index contributed by atoms with van der Waals surface area (Å²) in [5.41, 5.74) is 5.46.